The van der Waals surface area contributed by atoms with Gasteiger partial charge in [0.05, 0.1) is 26.2 Å². The van der Waals surface area contributed by atoms with Crippen molar-refractivity contribution < 1.29 is 14.3 Å². The summed E-state index contributed by atoms with van der Waals surface area (Å²) in [5, 5.41) is 2.99. The maximum Gasteiger partial charge on any atom is 0.223 e. The van der Waals surface area contributed by atoms with E-state index in [1.54, 1.807) is 7.11 Å². The van der Waals surface area contributed by atoms with E-state index in [-0.39, 0.29) is 11.9 Å². The third-order valence-corrected chi connectivity index (χ3v) is 3.96. The number of amides is 1. The molecule has 2 aromatic rings. The Labute approximate surface area is 149 Å². The lowest BCUT2D eigenvalue weighted by molar-refractivity contribution is -0.121. The first-order valence-electron chi connectivity index (χ1n) is 8.35. The lowest BCUT2D eigenvalue weighted by Crippen LogP contribution is -2.35. The Hall–Kier alpha value is -2.53. The molecule has 0 radical (unpaired) electrons. The molecule has 0 saturated carbocycles. The molecule has 134 valence electrons. The number of carbonyl (C=O) groups is 1. The van der Waals surface area contributed by atoms with Gasteiger partial charge in [-0.1, -0.05) is 30.3 Å². The van der Waals surface area contributed by atoms with Crippen LogP contribution in [0.1, 0.15) is 18.0 Å². The van der Waals surface area contributed by atoms with Crippen LogP contribution in [-0.4, -0.2) is 45.2 Å². The van der Waals surface area contributed by atoms with E-state index in [4.69, 9.17) is 9.47 Å². The number of nitrogens with zero attached hydrogens (tertiary/aromatic N) is 1. The Morgan fingerprint density at radius 2 is 1.72 bits per heavy atom. The van der Waals surface area contributed by atoms with E-state index in [0.717, 1.165) is 17.1 Å². The summed E-state index contributed by atoms with van der Waals surface area (Å²) in [6.07, 6.45) is 0.331. The second-order valence-electron chi connectivity index (χ2n) is 5.97. The fourth-order valence-corrected chi connectivity index (χ4v) is 2.50. The monoisotopic (exact) mass is 342 g/mol. The molecule has 0 saturated heterocycles. The van der Waals surface area contributed by atoms with Crippen LogP contribution in [0.15, 0.2) is 54.6 Å². The van der Waals surface area contributed by atoms with E-state index in [1.165, 1.54) is 0 Å². The summed E-state index contributed by atoms with van der Waals surface area (Å²) in [6.45, 7) is 0.911. The second-order valence-corrected chi connectivity index (χ2v) is 5.97. The smallest absolute Gasteiger partial charge is 0.223 e. The van der Waals surface area contributed by atoms with Crippen molar-refractivity contribution in [2.75, 3.05) is 34.4 Å². The number of para-hydroxylation sites is 1. The molecule has 0 aliphatic heterocycles. The van der Waals surface area contributed by atoms with Crippen molar-refractivity contribution in [2.24, 2.45) is 0 Å². The number of hydrogen-bond donors (Lipinski definition) is 1. The van der Waals surface area contributed by atoms with Crippen LogP contribution in [-0.2, 0) is 4.79 Å². The molecule has 0 aliphatic carbocycles. The lowest BCUT2D eigenvalue weighted by atomic mass is 10.1. The molecule has 5 heteroatoms. The zero-order chi connectivity index (χ0) is 18.1. The lowest BCUT2D eigenvalue weighted by Gasteiger charge is -2.25. The maximum atomic E-state index is 12.1. The third kappa shape index (κ3) is 6.12. The predicted octanol–water partition coefficient (Wildman–Crippen LogP) is 2.88. The average Bonchev–Trinajstić information content (AvgIpc) is 2.63. The van der Waals surface area contributed by atoms with Gasteiger partial charge < -0.3 is 19.7 Å². The first kappa shape index (κ1) is 18.8. The Kier molecular flexibility index (Phi) is 7.29. The minimum absolute atomic E-state index is 0.0173. The van der Waals surface area contributed by atoms with Gasteiger partial charge in [-0.2, -0.15) is 0 Å². The maximum absolute atomic E-state index is 12.1. The van der Waals surface area contributed by atoms with Crippen LogP contribution in [0.25, 0.3) is 0 Å². The van der Waals surface area contributed by atoms with Gasteiger partial charge in [-0.05, 0) is 43.9 Å². The second kappa shape index (κ2) is 9.69. The van der Waals surface area contributed by atoms with Gasteiger partial charge >= 0.3 is 0 Å². The molecule has 25 heavy (non-hydrogen) atoms. The van der Waals surface area contributed by atoms with E-state index in [1.807, 2.05) is 68.7 Å². The van der Waals surface area contributed by atoms with Gasteiger partial charge in [-0.3, -0.25) is 4.79 Å². The highest BCUT2D eigenvalue weighted by atomic mass is 16.5. The summed E-state index contributed by atoms with van der Waals surface area (Å²) >= 11 is 0. The van der Waals surface area contributed by atoms with Gasteiger partial charge in [0.1, 0.15) is 11.5 Å². The quantitative estimate of drug-likeness (QED) is 0.761. The number of hydrogen-bond acceptors (Lipinski definition) is 4. The molecule has 1 N–H and O–H groups in total. The third-order valence-electron chi connectivity index (χ3n) is 3.96. The summed E-state index contributed by atoms with van der Waals surface area (Å²) in [5.74, 6) is 1.58. The molecule has 2 rings (SSSR count). The zero-order valence-electron chi connectivity index (χ0n) is 15.1. The van der Waals surface area contributed by atoms with Crippen molar-refractivity contribution in [2.45, 2.75) is 12.5 Å². The van der Waals surface area contributed by atoms with Gasteiger partial charge in [0.15, 0.2) is 0 Å². The van der Waals surface area contributed by atoms with Gasteiger partial charge in [-0.15, -0.1) is 0 Å². The number of benzene rings is 2. The van der Waals surface area contributed by atoms with E-state index in [2.05, 4.69) is 10.2 Å². The van der Waals surface area contributed by atoms with E-state index < -0.39 is 0 Å². The molecule has 0 heterocycles. The van der Waals surface area contributed by atoms with Crippen molar-refractivity contribution in [3.8, 4) is 11.5 Å². The van der Waals surface area contributed by atoms with Crippen molar-refractivity contribution in [1.29, 1.82) is 0 Å². The van der Waals surface area contributed by atoms with Crippen LogP contribution in [0.4, 0.5) is 0 Å². The largest absolute Gasteiger partial charge is 0.497 e. The molecule has 0 aromatic heterocycles. The van der Waals surface area contributed by atoms with Crippen LogP contribution in [0.3, 0.4) is 0 Å². The fourth-order valence-electron chi connectivity index (χ4n) is 2.50. The highest BCUT2D eigenvalue weighted by Crippen LogP contribution is 2.20. The van der Waals surface area contributed by atoms with Crippen LogP contribution in [0.5, 0.6) is 11.5 Å². The summed E-state index contributed by atoms with van der Waals surface area (Å²) < 4.78 is 10.7. The van der Waals surface area contributed by atoms with Crippen molar-refractivity contribution in [3.05, 3.63) is 60.2 Å². The van der Waals surface area contributed by atoms with Crippen molar-refractivity contribution >= 4 is 5.91 Å². The molecule has 0 unspecified atom stereocenters. The first-order chi connectivity index (χ1) is 12.1. The first-order valence-corrected chi connectivity index (χ1v) is 8.35. The Balaban J connectivity index is 1.80. The summed E-state index contributed by atoms with van der Waals surface area (Å²) in [7, 11) is 5.65. The number of methoxy groups -OCH3 is 1. The predicted molar refractivity (Wildman–Crippen MR) is 99.0 cm³/mol. The molecule has 0 fully saturated rings. The normalized spacial score (nSPS) is 11.8. The van der Waals surface area contributed by atoms with Crippen molar-refractivity contribution in [1.82, 2.24) is 10.2 Å². The Morgan fingerprint density at radius 1 is 1.04 bits per heavy atom. The Morgan fingerprint density at radius 3 is 2.32 bits per heavy atom. The molecular formula is C20H26N2O3. The summed E-state index contributed by atoms with van der Waals surface area (Å²) in [5.41, 5.74) is 1.13. The van der Waals surface area contributed by atoms with Gasteiger partial charge in [-0.25, -0.2) is 0 Å². The fraction of sp³-hybridized carbons (Fsp3) is 0.350. The van der Waals surface area contributed by atoms with Crippen LogP contribution >= 0.6 is 0 Å². The SMILES string of the molecule is COc1ccc([C@@H](CNC(=O)CCOc2ccccc2)N(C)C)cc1. The summed E-state index contributed by atoms with van der Waals surface area (Å²) in [4.78, 5) is 14.1. The average molecular weight is 342 g/mol. The standard InChI is InChI=1S/C20H26N2O3/c1-22(2)19(16-9-11-17(24-3)12-10-16)15-21-20(23)13-14-25-18-7-5-4-6-8-18/h4-12,19H,13-15H2,1-3H3,(H,21,23)/t19-/m1/s1. The van der Waals surface area contributed by atoms with Gasteiger partial charge in [0.25, 0.3) is 0 Å². The molecule has 5 nitrogen and oxygen atoms in total. The molecule has 0 bridgehead atoms. The molecule has 1 atom stereocenters. The van der Waals surface area contributed by atoms with Crippen LogP contribution < -0.4 is 14.8 Å². The molecule has 0 spiro atoms. The van der Waals surface area contributed by atoms with E-state index in [9.17, 15) is 4.79 Å². The number of rotatable bonds is 9. The molecule has 2 aromatic carbocycles. The molecule has 1 amide bonds. The van der Waals surface area contributed by atoms with E-state index in [0.29, 0.717) is 19.6 Å². The number of carbonyl (C=O) groups excluding carboxylic acids is 1. The minimum atomic E-state index is -0.0173. The molecular weight excluding hydrogens is 316 g/mol. The number of nitrogens with one attached hydrogen (secondary N) is 1. The molecule has 0 aliphatic rings. The van der Waals surface area contributed by atoms with Crippen molar-refractivity contribution in [3.63, 3.8) is 0 Å². The Bertz CT molecular complexity index is 642. The highest BCUT2D eigenvalue weighted by molar-refractivity contribution is 5.76. The summed E-state index contributed by atoms with van der Waals surface area (Å²) in [6, 6.07) is 17.5. The minimum Gasteiger partial charge on any atom is -0.497 e. The van der Waals surface area contributed by atoms with Gasteiger partial charge in [0.2, 0.25) is 5.91 Å². The number of likely N-dealkylation sites (N-methyl/N-ethyl adjacent to an activating group) is 1. The van der Waals surface area contributed by atoms with E-state index >= 15 is 0 Å². The van der Waals surface area contributed by atoms with Gasteiger partial charge in [0, 0.05) is 6.54 Å². The number of ether oxygens (including phenoxy) is 2. The highest BCUT2D eigenvalue weighted by Gasteiger charge is 2.15. The topological polar surface area (TPSA) is 50.8 Å². The zero-order valence-corrected chi connectivity index (χ0v) is 15.1. The van der Waals surface area contributed by atoms with Crippen LogP contribution in [0.2, 0.25) is 0 Å². The van der Waals surface area contributed by atoms with Crippen LogP contribution in [0, 0.1) is 0 Å².